The van der Waals surface area contributed by atoms with Crippen LogP contribution in [0.3, 0.4) is 0 Å². The summed E-state index contributed by atoms with van der Waals surface area (Å²) in [6.45, 7) is 14.3. The van der Waals surface area contributed by atoms with E-state index in [0.717, 1.165) is 6.42 Å². The van der Waals surface area contributed by atoms with Gasteiger partial charge in [0, 0.05) is 12.1 Å². The Balaban J connectivity index is 3.46. The molecule has 0 aromatic heterocycles. The van der Waals surface area contributed by atoms with Crippen LogP contribution in [0, 0.1) is 6.92 Å². The topological polar surface area (TPSA) is 3.24 Å². The standard InChI is InChI=1S/C14H30N/c1-6-7-8-9-10-11-12-15(13(2)3)14(4)5/h13-14H,1,6-12H2,2-5H3. The fraction of sp³-hybridized carbons (Fsp3) is 0.929. The van der Waals surface area contributed by atoms with Crippen molar-refractivity contribution in [3.63, 3.8) is 0 Å². The van der Waals surface area contributed by atoms with Gasteiger partial charge in [0.15, 0.2) is 0 Å². The van der Waals surface area contributed by atoms with Crippen LogP contribution in [0.1, 0.15) is 66.2 Å². The normalized spacial score (nSPS) is 12.0. The second kappa shape index (κ2) is 9.21. The lowest BCUT2D eigenvalue weighted by molar-refractivity contribution is 0.171. The SMILES string of the molecule is [CH2]CCCCCCCN(C(C)C)C(C)C. The summed E-state index contributed by atoms with van der Waals surface area (Å²) in [6.07, 6.45) is 7.90. The molecule has 0 amide bonds. The van der Waals surface area contributed by atoms with Gasteiger partial charge in [0.2, 0.25) is 0 Å². The molecule has 15 heavy (non-hydrogen) atoms. The summed E-state index contributed by atoms with van der Waals surface area (Å²) in [6, 6.07) is 1.37. The van der Waals surface area contributed by atoms with Gasteiger partial charge in [-0.25, -0.2) is 0 Å². The van der Waals surface area contributed by atoms with Crippen LogP contribution in [0.5, 0.6) is 0 Å². The van der Waals surface area contributed by atoms with Gasteiger partial charge in [-0.15, -0.1) is 0 Å². The summed E-state index contributed by atoms with van der Waals surface area (Å²) in [7, 11) is 0. The Morgan fingerprint density at radius 3 is 1.73 bits per heavy atom. The van der Waals surface area contributed by atoms with Gasteiger partial charge in [-0.1, -0.05) is 39.0 Å². The maximum Gasteiger partial charge on any atom is 0.00412 e. The molecule has 91 valence electrons. The van der Waals surface area contributed by atoms with Crippen LogP contribution in [0.2, 0.25) is 0 Å². The minimum absolute atomic E-state index is 0.685. The fourth-order valence-electron chi connectivity index (χ4n) is 2.11. The predicted octanol–water partition coefficient (Wildman–Crippen LogP) is 4.28. The Morgan fingerprint density at radius 1 is 0.800 bits per heavy atom. The van der Waals surface area contributed by atoms with E-state index < -0.39 is 0 Å². The summed E-state index contributed by atoms with van der Waals surface area (Å²) in [5.41, 5.74) is 0. The van der Waals surface area contributed by atoms with Crippen molar-refractivity contribution in [2.75, 3.05) is 6.54 Å². The van der Waals surface area contributed by atoms with Crippen LogP contribution in [-0.2, 0) is 0 Å². The second-order valence-electron chi connectivity index (χ2n) is 5.05. The molecule has 1 nitrogen and oxygen atoms in total. The van der Waals surface area contributed by atoms with Crippen LogP contribution < -0.4 is 0 Å². The lowest BCUT2D eigenvalue weighted by atomic mass is 10.1. The molecule has 0 aromatic rings. The van der Waals surface area contributed by atoms with E-state index in [9.17, 15) is 0 Å². The summed E-state index contributed by atoms with van der Waals surface area (Å²) in [5, 5.41) is 0. The summed E-state index contributed by atoms with van der Waals surface area (Å²) in [4.78, 5) is 2.58. The number of unbranched alkanes of at least 4 members (excludes halogenated alkanes) is 5. The maximum atomic E-state index is 3.87. The highest BCUT2D eigenvalue weighted by molar-refractivity contribution is 4.66. The van der Waals surface area contributed by atoms with E-state index in [0.29, 0.717) is 12.1 Å². The van der Waals surface area contributed by atoms with Crippen molar-refractivity contribution >= 4 is 0 Å². The molecule has 0 fully saturated rings. The largest absolute Gasteiger partial charge is 0.299 e. The highest BCUT2D eigenvalue weighted by Crippen LogP contribution is 2.10. The highest BCUT2D eigenvalue weighted by atomic mass is 15.2. The molecule has 0 heterocycles. The van der Waals surface area contributed by atoms with E-state index in [2.05, 4.69) is 39.5 Å². The van der Waals surface area contributed by atoms with Gasteiger partial charge in [-0.05, 0) is 40.7 Å². The van der Waals surface area contributed by atoms with Gasteiger partial charge in [-0.3, -0.25) is 4.90 Å². The molecular formula is C14H30N. The third-order valence-electron chi connectivity index (χ3n) is 2.99. The molecule has 0 unspecified atom stereocenters. The van der Waals surface area contributed by atoms with Crippen molar-refractivity contribution < 1.29 is 0 Å². The third-order valence-corrected chi connectivity index (χ3v) is 2.99. The Bertz CT molecular complexity index is 121. The van der Waals surface area contributed by atoms with Gasteiger partial charge in [0.25, 0.3) is 0 Å². The van der Waals surface area contributed by atoms with E-state index in [1.807, 2.05) is 0 Å². The number of nitrogens with zero attached hydrogens (tertiary/aromatic N) is 1. The van der Waals surface area contributed by atoms with Crippen molar-refractivity contribution in [3.05, 3.63) is 6.92 Å². The molecule has 0 saturated carbocycles. The molecule has 1 radical (unpaired) electrons. The Hall–Kier alpha value is -0.0400. The minimum Gasteiger partial charge on any atom is -0.299 e. The minimum atomic E-state index is 0.685. The van der Waals surface area contributed by atoms with E-state index in [-0.39, 0.29) is 0 Å². The molecule has 1 heteroatoms. The van der Waals surface area contributed by atoms with E-state index in [1.165, 1.54) is 38.6 Å². The zero-order valence-corrected chi connectivity index (χ0v) is 11.3. The molecule has 0 spiro atoms. The number of hydrogen-bond acceptors (Lipinski definition) is 1. The van der Waals surface area contributed by atoms with Gasteiger partial charge in [0.1, 0.15) is 0 Å². The highest BCUT2D eigenvalue weighted by Gasteiger charge is 2.11. The Kier molecular flexibility index (Phi) is 9.18. The molecule has 0 atom stereocenters. The molecule has 0 rings (SSSR count). The lowest BCUT2D eigenvalue weighted by Gasteiger charge is -2.30. The smallest absolute Gasteiger partial charge is 0.00412 e. The molecule has 0 N–H and O–H groups in total. The van der Waals surface area contributed by atoms with Crippen LogP contribution in [0.15, 0.2) is 0 Å². The fourth-order valence-corrected chi connectivity index (χ4v) is 2.11. The third kappa shape index (κ3) is 7.84. The van der Waals surface area contributed by atoms with Gasteiger partial charge in [0.05, 0.1) is 0 Å². The maximum absolute atomic E-state index is 3.87. The van der Waals surface area contributed by atoms with Crippen molar-refractivity contribution in [1.29, 1.82) is 0 Å². The molecular weight excluding hydrogens is 182 g/mol. The molecule has 0 saturated heterocycles. The number of rotatable bonds is 9. The molecule has 0 aromatic carbocycles. The van der Waals surface area contributed by atoms with Gasteiger partial charge < -0.3 is 0 Å². The summed E-state index contributed by atoms with van der Waals surface area (Å²) in [5.74, 6) is 0. The predicted molar refractivity (Wildman–Crippen MR) is 70.0 cm³/mol. The monoisotopic (exact) mass is 212 g/mol. The van der Waals surface area contributed by atoms with E-state index in [1.54, 1.807) is 0 Å². The average molecular weight is 212 g/mol. The van der Waals surface area contributed by atoms with Crippen LogP contribution >= 0.6 is 0 Å². The van der Waals surface area contributed by atoms with Crippen molar-refractivity contribution in [1.82, 2.24) is 4.90 Å². The molecule has 0 aliphatic heterocycles. The quantitative estimate of drug-likeness (QED) is 0.516. The lowest BCUT2D eigenvalue weighted by Crippen LogP contribution is -2.37. The average Bonchev–Trinajstić information content (AvgIpc) is 2.15. The van der Waals surface area contributed by atoms with Gasteiger partial charge in [-0.2, -0.15) is 0 Å². The van der Waals surface area contributed by atoms with Crippen molar-refractivity contribution in [2.45, 2.75) is 78.3 Å². The first-order valence-corrected chi connectivity index (χ1v) is 6.64. The molecule has 0 bridgehead atoms. The molecule has 0 aliphatic carbocycles. The second-order valence-corrected chi connectivity index (χ2v) is 5.05. The van der Waals surface area contributed by atoms with Crippen LogP contribution in [0.25, 0.3) is 0 Å². The van der Waals surface area contributed by atoms with Crippen LogP contribution in [-0.4, -0.2) is 23.5 Å². The number of hydrogen-bond donors (Lipinski definition) is 0. The van der Waals surface area contributed by atoms with Crippen molar-refractivity contribution in [2.24, 2.45) is 0 Å². The zero-order valence-electron chi connectivity index (χ0n) is 11.3. The van der Waals surface area contributed by atoms with E-state index >= 15 is 0 Å². The Morgan fingerprint density at radius 2 is 1.27 bits per heavy atom. The van der Waals surface area contributed by atoms with E-state index in [4.69, 9.17) is 0 Å². The summed E-state index contributed by atoms with van der Waals surface area (Å²) >= 11 is 0. The summed E-state index contributed by atoms with van der Waals surface area (Å²) < 4.78 is 0. The van der Waals surface area contributed by atoms with Crippen molar-refractivity contribution in [3.8, 4) is 0 Å². The van der Waals surface area contributed by atoms with Gasteiger partial charge >= 0.3 is 0 Å². The zero-order chi connectivity index (χ0) is 11.7. The first-order chi connectivity index (χ1) is 7.09. The Labute approximate surface area is 97.2 Å². The van der Waals surface area contributed by atoms with Crippen LogP contribution in [0.4, 0.5) is 0 Å². The molecule has 0 aliphatic rings. The first-order valence-electron chi connectivity index (χ1n) is 6.64. The first kappa shape index (κ1) is 15.0.